The number of rotatable bonds is 8. The molecule has 1 rings (SSSR count). The van der Waals surface area contributed by atoms with Crippen molar-refractivity contribution < 1.29 is 24.6 Å². The first-order chi connectivity index (χ1) is 10.4. The number of nitrogens with zero attached hydrogens (tertiary/aromatic N) is 1. The summed E-state index contributed by atoms with van der Waals surface area (Å²) < 4.78 is 0. The van der Waals surface area contributed by atoms with Crippen molar-refractivity contribution in [1.82, 2.24) is 0 Å². The highest BCUT2D eigenvalue weighted by Crippen LogP contribution is 2.21. The van der Waals surface area contributed by atoms with E-state index in [1.807, 2.05) is 13.8 Å². The van der Waals surface area contributed by atoms with Crippen LogP contribution in [-0.4, -0.2) is 34.6 Å². The molecule has 0 fully saturated rings. The highest BCUT2D eigenvalue weighted by Gasteiger charge is 2.23. The molecule has 120 valence electrons. The second-order valence-corrected chi connectivity index (χ2v) is 5.00. The van der Waals surface area contributed by atoms with Gasteiger partial charge in [-0.3, -0.25) is 9.59 Å². The van der Waals surface area contributed by atoms with Crippen molar-refractivity contribution in [2.24, 2.45) is 5.92 Å². The van der Waals surface area contributed by atoms with E-state index >= 15 is 0 Å². The molecule has 2 N–H and O–H groups in total. The largest absolute Gasteiger partial charge is 0.481 e. The molecule has 1 aromatic carbocycles. The van der Waals surface area contributed by atoms with Gasteiger partial charge >= 0.3 is 11.9 Å². The topological polar surface area (TPSA) is 94.9 Å². The number of aliphatic carboxylic acids is 1. The SMILES string of the molecule is CCC(CC)C(=O)N(CCC(=O)O)c1ccc(C(=O)O)cc1. The van der Waals surface area contributed by atoms with Crippen LogP contribution in [0.25, 0.3) is 0 Å². The van der Waals surface area contributed by atoms with Crippen molar-refractivity contribution in [1.29, 1.82) is 0 Å². The summed E-state index contributed by atoms with van der Waals surface area (Å²) in [6.45, 7) is 3.89. The standard InChI is InChI=1S/C16H21NO5/c1-3-11(4-2)15(20)17(10-9-14(18)19)13-7-5-12(6-8-13)16(21)22/h5-8,11H,3-4,9-10H2,1-2H3,(H,18,19)(H,21,22). The van der Waals surface area contributed by atoms with Crippen molar-refractivity contribution in [3.63, 3.8) is 0 Å². The Morgan fingerprint density at radius 2 is 1.59 bits per heavy atom. The Bertz CT molecular complexity index is 534. The summed E-state index contributed by atoms with van der Waals surface area (Å²) in [5, 5.41) is 17.8. The van der Waals surface area contributed by atoms with Crippen LogP contribution in [0.1, 0.15) is 43.5 Å². The number of carbonyl (C=O) groups is 3. The maximum Gasteiger partial charge on any atom is 0.335 e. The van der Waals surface area contributed by atoms with Gasteiger partial charge < -0.3 is 15.1 Å². The zero-order chi connectivity index (χ0) is 16.7. The van der Waals surface area contributed by atoms with Crippen LogP contribution in [-0.2, 0) is 9.59 Å². The molecule has 0 spiro atoms. The molecule has 0 heterocycles. The number of carbonyl (C=O) groups excluding carboxylic acids is 1. The number of carboxylic acids is 2. The fourth-order valence-corrected chi connectivity index (χ4v) is 2.22. The average Bonchev–Trinajstić information content (AvgIpc) is 2.49. The van der Waals surface area contributed by atoms with Crippen LogP contribution < -0.4 is 4.90 Å². The van der Waals surface area contributed by atoms with Crippen LogP contribution in [0.15, 0.2) is 24.3 Å². The van der Waals surface area contributed by atoms with Gasteiger partial charge in [-0.05, 0) is 37.1 Å². The van der Waals surface area contributed by atoms with E-state index in [1.165, 1.54) is 29.2 Å². The van der Waals surface area contributed by atoms with E-state index in [9.17, 15) is 14.4 Å². The third-order valence-corrected chi connectivity index (χ3v) is 3.58. The molecule has 0 radical (unpaired) electrons. The highest BCUT2D eigenvalue weighted by atomic mass is 16.4. The summed E-state index contributed by atoms with van der Waals surface area (Å²) in [5.74, 6) is -2.33. The molecule has 0 bridgehead atoms. The second-order valence-electron chi connectivity index (χ2n) is 5.00. The molecule has 0 atom stereocenters. The Kier molecular flexibility index (Phi) is 6.56. The van der Waals surface area contributed by atoms with Gasteiger partial charge in [0.25, 0.3) is 0 Å². The lowest BCUT2D eigenvalue weighted by Crippen LogP contribution is -2.37. The van der Waals surface area contributed by atoms with Crippen LogP contribution in [0.3, 0.4) is 0 Å². The van der Waals surface area contributed by atoms with Gasteiger partial charge in [-0.2, -0.15) is 0 Å². The number of benzene rings is 1. The van der Waals surface area contributed by atoms with E-state index < -0.39 is 11.9 Å². The van der Waals surface area contributed by atoms with Crippen molar-refractivity contribution in [3.8, 4) is 0 Å². The van der Waals surface area contributed by atoms with Gasteiger partial charge in [0.1, 0.15) is 0 Å². The first-order valence-corrected chi connectivity index (χ1v) is 7.27. The molecular weight excluding hydrogens is 286 g/mol. The lowest BCUT2D eigenvalue weighted by molar-refractivity contribution is -0.136. The minimum absolute atomic E-state index is 0.0666. The Morgan fingerprint density at radius 1 is 1.05 bits per heavy atom. The van der Waals surface area contributed by atoms with Crippen LogP contribution in [0.4, 0.5) is 5.69 Å². The maximum atomic E-state index is 12.6. The molecular formula is C16H21NO5. The number of amides is 1. The quantitative estimate of drug-likeness (QED) is 0.769. The molecule has 0 unspecified atom stereocenters. The Morgan fingerprint density at radius 3 is 2.00 bits per heavy atom. The second kappa shape index (κ2) is 8.17. The molecule has 0 aromatic heterocycles. The van der Waals surface area contributed by atoms with E-state index in [-0.39, 0.29) is 30.4 Å². The van der Waals surface area contributed by atoms with Gasteiger partial charge in [-0.1, -0.05) is 13.8 Å². The van der Waals surface area contributed by atoms with Gasteiger partial charge in [0.05, 0.1) is 12.0 Å². The van der Waals surface area contributed by atoms with Crippen LogP contribution in [0.5, 0.6) is 0 Å². The molecule has 0 aliphatic heterocycles. The summed E-state index contributed by atoms with van der Waals surface area (Å²) in [6, 6.07) is 5.88. The highest BCUT2D eigenvalue weighted by molar-refractivity contribution is 5.96. The fourth-order valence-electron chi connectivity index (χ4n) is 2.22. The van der Waals surface area contributed by atoms with E-state index in [2.05, 4.69) is 0 Å². The zero-order valence-electron chi connectivity index (χ0n) is 12.8. The maximum absolute atomic E-state index is 12.6. The number of hydrogen-bond acceptors (Lipinski definition) is 3. The molecule has 0 aliphatic carbocycles. The first kappa shape index (κ1) is 17.7. The van der Waals surface area contributed by atoms with Crippen molar-refractivity contribution >= 4 is 23.5 Å². The Balaban J connectivity index is 3.05. The predicted molar refractivity (Wildman–Crippen MR) is 82.1 cm³/mol. The van der Waals surface area contributed by atoms with Gasteiger partial charge in [0, 0.05) is 18.2 Å². The zero-order valence-corrected chi connectivity index (χ0v) is 12.8. The summed E-state index contributed by atoms with van der Waals surface area (Å²) in [7, 11) is 0. The van der Waals surface area contributed by atoms with Crippen LogP contribution in [0, 0.1) is 5.92 Å². The van der Waals surface area contributed by atoms with E-state index in [0.717, 1.165) is 0 Å². The van der Waals surface area contributed by atoms with E-state index in [1.54, 1.807) is 0 Å². The summed E-state index contributed by atoms with van der Waals surface area (Å²) in [5.41, 5.74) is 0.639. The van der Waals surface area contributed by atoms with Gasteiger partial charge in [-0.15, -0.1) is 0 Å². The van der Waals surface area contributed by atoms with Crippen LogP contribution in [0.2, 0.25) is 0 Å². The first-order valence-electron chi connectivity index (χ1n) is 7.27. The lowest BCUT2D eigenvalue weighted by Gasteiger charge is -2.26. The number of anilines is 1. The normalized spacial score (nSPS) is 10.5. The average molecular weight is 307 g/mol. The summed E-state index contributed by atoms with van der Waals surface area (Å²) >= 11 is 0. The van der Waals surface area contributed by atoms with Crippen molar-refractivity contribution in [2.75, 3.05) is 11.4 Å². The number of carboxylic acid groups (broad SMARTS) is 2. The van der Waals surface area contributed by atoms with E-state index in [0.29, 0.717) is 18.5 Å². The number of aromatic carboxylic acids is 1. The molecule has 1 amide bonds. The van der Waals surface area contributed by atoms with Crippen molar-refractivity contribution in [2.45, 2.75) is 33.1 Å². The Labute approximate surface area is 129 Å². The van der Waals surface area contributed by atoms with Crippen LogP contribution >= 0.6 is 0 Å². The van der Waals surface area contributed by atoms with Gasteiger partial charge in [0.2, 0.25) is 5.91 Å². The smallest absolute Gasteiger partial charge is 0.335 e. The number of hydrogen-bond donors (Lipinski definition) is 2. The molecule has 22 heavy (non-hydrogen) atoms. The minimum atomic E-state index is -1.05. The third-order valence-electron chi connectivity index (χ3n) is 3.58. The monoisotopic (exact) mass is 307 g/mol. The molecule has 0 saturated carbocycles. The van der Waals surface area contributed by atoms with E-state index in [4.69, 9.17) is 10.2 Å². The Hall–Kier alpha value is -2.37. The van der Waals surface area contributed by atoms with Gasteiger partial charge in [-0.25, -0.2) is 4.79 Å². The minimum Gasteiger partial charge on any atom is -0.481 e. The predicted octanol–water partition coefficient (Wildman–Crippen LogP) is 2.63. The molecule has 1 aromatic rings. The lowest BCUT2D eigenvalue weighted by atomic mass is 10.0. The fraction of sp³-hybridized carbons (Fsp3) is 0.438. The van der Waals surface area contributed by atoms with Crippen molar-refractivity contribution in [3.05, 3.63) is 29.8 Å². The molecule has 0 aliphatic rings. The molecule has 6 heteroatoms. The van der Waals surface area contributed by atoms with Gasteiger partial charge in [0.15, 0.2) is 0 Å². The summed E-state index contributed by atoms with van der Waals surface area (Å²) in [4.78, 5) is 35.6. The third kappa shape index (κ3) is 4.58. The summed E-state index contributed by atoms with van der Waals surface area (Å²) in [6.07, 6.45) is 1.19. The molecule has 0 saturated heterocycles. The molecule has 6 nitrogen and oxygen atoms in total.